The number of carbonyl (C=O) groups is 1. The number of nitrogens with zero attached hydrogens (tertiary/aromatic N) is 1. The van der Waals surface area contributed by atoms with E-state index in [-0.39, 0.29) is 11.3 Å². The Hall–Kier alpha value is -1.51. The van der Waals surface area contributed by atoms with E-state index in [4.69, 9.17) is 0 Å². The Morgan fingerprint density at radius 3 is 2.95 bits per heavy atom. The van der Waals surface area contributed by atoms with Gasteiger partial charge in [0.1, 0.15) is 0 Å². The molecule has 3 heteroatoms. The van der Waals surface area contributed by atoms with Crippen molar-refractivity contribution in [2.24, 2.45) is 5.41 Å². The summed E-state index contributed by atoms with van der Waals surface area (Å²) in [6, 6.07) is 8.17. The number of fused-ring (bicyclic) bond motifs is 1. The number of para-hydroxylation sites is 1. The monoisotopic (exact) mass is 258 g/mol. The van der Waals surface area contributed by atoms with Crippen molar-refractivity contribution in [1.29, 1.82) is 0 Å². The Balaban J connectivity index is 1.78. The molecule has 2 heterocycles. The minimum Gasteiger partial charge on any atom is -0.384 e. The van der Waals surface area contributed by atoms with Crippen LogP contribution in [0.1, 0.15) is 38.2 Å². The van der Waals surface area contributed by atoms with E-state index in [0.29, 0.717) is 5.91 Å². The molecule has 0 bridgehead atoms. The molecule has 19 heavy (non-hydrogen) atoms. The van der Waals surface area contributed by atoms with E-state index < -0.39 is 0 Å². The lowest BCUT2D eigenvalue weighted by atomic mass is 9.83. The maximum atomic E-state index is 12.7. The largest absolute Gasteiger partial charge is 0.384 e. The van der Waals surface area contributed by atoms with Crippen molar-refractivity contribution in [1.82, 2.24) is 4.90 Å². The minimum atomic E-state index is 0.00472. The number of hydrogen-bond donors (Lipinski definition) is 1. The lowest BCUT2D eigenvalue weighted by molar-refractivity contribution is -0.135. The van der Waals surface area contributed by atoms with Gasteiger partial charge >= 0.3 is 0 Å². The highest BCUT2D eigenvalue weighted by Crippen LogP contribution is 2.35. The number of anilines is 1. The number of benzene rings is 1. The van der Waals surface area contributed by atoms with Crippen LogP contribution in [0.25, 0.3) is 0 Å². The van der Waals surface area contributed by atoms with Crippen molar-refractivity contribution in [2.75, 3.05) is 25.0 Å². The maximum absolute atomic E-state index is 12.7. The third-order valence-electron chi connectivity index (χ3n) is 4.34. The minimum absolute atomic E-state index is 0.00472. The van der Waals surface area contributed by atoms with Crippen LogP contribution in [0.5, 0.6) is 0 Å². The van der Waals surface area contributed by atoms with Gasteiger partial charge < -0.3 is 10.2 Å². The zero-order chi connectivity index (χ0) is 13.5. The first kappa shape index (κ1) is 12.5. The molecule has 1 amide bonds. The summed E-state index contributed by atoms with van der Waals surface area (Å²) in [6.45, 7) is 7.07. The molecule has 0 saturated carbocycles. The molecular formula is C16H22N2O. The van der Waals surface area contributed by atoms with Gasteiger partial charge in [0.2, 0.25) is 5.91 Å². The molecule has 3 nitrogen and oxygen atoms in total. The van der Waals surface area contributed by atoms with Crippen LogP contribution in [0.4, 0.5) is 5.69 Å². The number of hydrogen-bond acceptors (Lipinski definition) is 2. The Morgan fingerprint density at radius 2 is 2.16 bits per heavy atom. The van der Waals surface area contributed by atoms with Gasteiger partial charge in [-0.15, -0.1) is 0 Å². The summed E-state index contributed by atoms with van der Waals surface area (Å²) in [4.78, 5) is 14.8. The summed E-state index contributed by atoms with van der Waals surface area (Å²) in [6.07, 6.45) is 2.34. The molecule has 1 N–H and O–H groups in total. The average molecular weight is 258 g/mol. The predicted molar refractivity (Wildman–Crippen MR) is 77.3 cm³/mol. The van der Waals surface area contributed by atoms with Crippen LogP contribution < -0.4 is 5.32 Å². The molecule has 2 aliphatic heterocycles. The van der Waals surface area contributed by atoms with Crippen molar-refractivity contribution < 1.29 is 4.79 Å². The zero-order valence-electron chi connectivity index (χ0n) is 11.8. The lowest BCUT2D eigenvalue weighted by Gasteiger charge is -2.39. The van der Waals surface area contributed by atoms with Crippen molar-refractivity contribution in [3.8, 4) is 0 Å². The van der Waals surface area contributed by atoms with Gasteiger partial charge in [-0.1, -0.05) is 32.0 Å². The maximum Gasteiger partial charge on any atom is 0.232 e. The normalized spacial score (nSPS) is 24.7. The van der Waals surface area contributed by atoms with E-state index in [0.717, 1.165) is 37.3 Å². The van der Waals surface area contributed by atoms with E-state index >= 15 is 0 Å². The number of nitrogens with one attached hydrogen (secondary N) is 1. The van der Waals surface area contributed by atoms with Crippen molar-refractivity contribution in [2.45, 2.75) is 32.6 Å². The predicted octanol–water partition coefficient (Wildman–Crippen LogP) is 2.84. The molecule has 1 aromatic carbocycles. The Bertz CT molecular complexity index is 495. The van der Waals surface area contributed by atoms with Crippen LogP contribution in [0, 0.1) is 5.41 Å². The van der Waals surface area contributed by atoms with Gasteiger partial charge in [-0.25, -0.2) is 0 Å². The molecule has 0 radical (unpaired) electrons. The van der Waals surface area contributed by atoms with Crippen LogP contribution >= 0.6 is 0 Å². The summed E-state index contributed by atoms with van der Waals surface area (Å²) in [5, 5.41) is 3.34. The van der Waals surface area contributed by atoms with Gasteiger partial charge in [-0.3, -0.25) is 4.79 Å². The van der Waals surface area contributed by atoms with Crippen LogP contribution in [-0.2, 0) is 4.79 Å². The van der Waals surface area contributed by atoms with Crippen LogP contribution in [0.3, 0.4) is 0 Å². The molecule has 1 saturated heterocycles. The number of piperidine rings is 1. The van der Waals surface area contributed by atoms with Gasteiger partial charge in [-0.2, -0.15) is 0 Å². The van der Waals surface area contributed by atoms with E-state index in [2.05, 4.69) is 36.2 Å². The summed E-state index contributed by atoms with van der Waals surface area (Å²) >= 11 is 0. The molecular weight excluding hydrogens is 236 g/mol. The number of likely N-dealkylation sites (tertiary alicyclic amines) is 1. The quantitative estimate of drug-likeness (QED) is 0.840. The third kappa shape index (κ3) is 2.34. The molecule has 102 valence electrons. The molecule has 2 aliphatic rings. The highest BCUT2D eigenvalue weighted by Gasteiger charge is 2.35. The number of amides is 1. The summed E-state index contributed by atoms with van der Waals surface area (Å²) in [5.74, 6) is 0.301. The fourth-order valence-corrected chi connectivity index (χ4v) is 3.34. The highest BCUT2D eigenvalue weighted by molar-refractivity contribution is 5.88. The fraction of sp³-hybridized carbons (Fsp3) is 0.562. The van der Waals surface area contributed by atoms with Crippen molar-refractivity contribution in [3.63, 3.8) is 0 Å². The molecule has 0 aliphatic carbocycles. The molecule has 1 unspecified atom stereocenters. The summed E-state index contributed by atoms with van der Waals surface area (Å²) in [5.41, 5.74) is 2.55. The second-order valence-corrected chi connectivity index (χ2v) is 6.55. The number of rotatable bonds is 1. The van der Waals surface area contributed by atoms with Crippen LogP contribution in [0.2, 0.25) is 0 Å². The number of carbonyl (C=O) groups excluding carboxylic acids is 1. The zero-order valence-corrected chi connectivity index (χ0v) is 11.8. The summed E-state index contributed by atoms with van der Waals surface area (Å²) in [7, 11) is 0. The van der Waals surface area contributed by atoms with E-state index in [1.54, 1.807) is 0 Å². The molecule has 0 aromatic heterocycles. The Morgan fingerprint density at radius 1 is 1.37 bits per heavy atom. The average Bonchev–Trinajstić information content (AvgIpc) is 2.80. The van der Waals surface area contributed by atoms with E-state index in [1.165, 1.54) is 6.42 Å². The SMILES string of the molecule is CC1(C)CCCN(C(=O)C2CNc3ccccc32)C1. The fourth-order valence-electron chi connectivity index (χ4n) is 3.34. The lowest BCUT2D eigenvalue weighted by Crippen LogP contribution is -2.45. The molecule has 1 fully saturated rings. The summed E-state index contributed by atoms with van der Waals surface area (Å²) < 4.78 is 0. The molecule has 1 atom stereocenters. The van der Waals surface area contributed by atoms with Gasteiger partial charge in [0.05, 0.1) is 5.92 Å². The Labute approximate surface area is 115 Å². The van der Waals surface area contributed by atoms with Gasteiger partial charge in [0.15, 0.2) is 0 Å². The second kappa shape index (κ2) is 4.55. The van der Waals surface area contributed by atoms with Crippen molar-refractivity contribution >= 4 is 11.6 Å². The van der Waals surface area contributed by atoms with Gasteiger partial charge in [0, 0.05) is 25.3 Å². The van der Waals surface area contributed by atoms with Crippen LogP contribution in [0.15, 0.2) is 24.3 Å². The highest BCUT2D eigenvalue weighted by atomic mass is 16.2. The van der Waals surface area contributed by atoms with E-state index in [1.807, 2.05) is 12.1 Å². The topological polar surface area (TPSA) is 32.3 Å². The van der Waals surface area contributed by atoms with E-state index in [9.17, 15) is 4.79 Å². The van der Waals surface area contributed by atoms with Gasteiger partial charge in [-0.05, 0) is 29.9 Å². The third-order valence-corrected chi connectivity index (χ3v) is 4.34. The molecule has 3 rings (SSSR count). The smallest absolute Gasteiger partial charge is 0.232 e. The van der Waals surface area contributed by atoms with Crippen LogP contribution in [-0.4, -0.2) is 30.4 Å². The second-order valence-electron chi connectivity index (χ2n) is 6.55. The Kier molecular flexibility index (Phi) is 3.00. The molecule has 1 aromatic rings. The molecule has 0 spiro atoms. The first-order valence-electron chi connectivity index (χ1n) is 7.18. The first-order chi connectivity index (χ1) is 9.07. The van der Waals surface area contributed by atoms with Gasteiger partial charge in [0.25, 0.3) is 0 Å². The standard InChI is InChI=1S/C16H22N2O/c1-16(2)8-5-9-18(11-16)15(19)13-10-17-14-7-4-3-6-12(13)14/h3-4,6-7,13,17H,5,8-11H2,1-2H3. The van der Waals surface area contributed by atoms with Crippen molar-refractivity contribution in [3.05, 3.63) is 29.8 Å². The first-order valence-corrected chi connectivity index (χ1v) is 7.18.